The van der Waals surface area contributed by atoms with Crippen LogP contribution in [0.5, 0.6) is 0 Å². The normalized spacial score (nSPS) is 35.5. The van der Waals surface area contributed by atoms with E-state index in [0.717, 1.165) is 18.7 Å². The molecule has 3 rings (SSSR count). The van der Waals surface area contributed by atoms with Gasteiger partial charge in [0.1, 0.15) is 23.9 Å². The Morgan fingerprint density at radius 3 is 1.91 bits per heavy atom. The molecule has 194 valence electrons. The van der Waals surface area contributed by atoms with Crippen LogP contribution in [0.2, 0.25) is 51.4 Å². The summed E-state index contributed by atoms with van der Waals surface area (Å²) in [5.74, 6) is -0.624. The first-order valence-corrected chi connectivity index (χ1v) is 20.0. The molecule has 3 aliphatic rings. The van der Waals surface area contributed by atoms with Crippen LogP contribution in [-0.4, -0.2) is 84.4 Å². The molecule has 1 aliphatic carbocycles. The summed E-state index contributed by atoms with van der Waals surface area (Å²) in [6.45, 7) is 23.9. The molecule has 2 aliphatic heterocycles. The Balaban J connectivity index is 1.62. The molecule has 0 radical (unpaired) electrons. The molecule has 7 nitrogen and oxygen atoms in total. The summed E-state index contributed by atoms with van der Waals surface area (Å²) in [7, 11) is -2.31. The molecular formula is C24H48O7Si2. The number of ether oxygens (including phenoxy) is 7. The van der Waals surface area contributed by atoms with Gasteiger partial charge in [0.05, 0.1) is 12.7 Å². The second kappa shape index (κ2) is 10.3. The zero-order valence-electron chi connectivity index (χ0n) is 22.6. The van der Waals surface area contributed by atoms with Gasteiger partial charge in [0.2, 0.25) is 0 Å². The lowest BCUT2D eigenvalue weighted by Gasteiger charge is -2.40. The van der Waals surface area contributed by atoms with Gasteiger partial charge in [0.15, 0.2) is 18.4 Å². The van der Waals surface area contributed by atoms with Crippen LogP contribution in [0.15, 0.2) is 0 Å². The maximum Gasteiger partial charge on any atom is 0.163 e. The zero-order chi connectivity index (χ0) is 24.7. The van der Waals surface area contributed by atoms with Crippen LogP contribution in [0.25, 0.3) is 0 Å². The Hall–Kier alpha value is 0.154. The van der Waals surface area contributed by atoms with Gasteiger partial charge in [-0.2, -0.15) is 0 Å². The van der Waals surface area contributed by atoms with Crippen LogP contribution < -0.4 is 0 Å². The van der Waals surface area contributed by atoms with Gasteiger partial charge in [0, 0.05) is 35.8 Å². The maximum absolute atomic E-state index is 6.43. The van der Waals surface area contributed by atoms with E-state index in [2.05, 4.69) is 39.3 Å². The van der Waals surface area contributed by atoms with Crippen molar-refractivity contribution in [2.24, 2.45) is 0 Å². The molecule has 2 unspecified atom stereocenters. The highest BCUT2D eigenvalue weighted by atomic mass is 28.3. The number of fused-ring (bicyclic) bond motifs is 2. The molecule has 1 spiro atoms. The molecule has 0 amide bonds. The predicted molar refractivity (Wildman–Crippen MR) is 134 cm³/mol. The monoisotopic (exact) mass is 504 g/mol. The van der Waals surface area contributed by atoms with Gasteiger partial charge in [-0.25, -0.2) is 0 Å². The van der Waals surface area contributed by atoms with Gasteiger partial charge >= 0.3 is 0 Å². The fourth-order valence-corrected chi connectivity index (χ4v) is 6.03. The van der Waals surface area contributed by atoms with Gasteiger partial charge in [-0.05, 0) is 39.8 Å². The molecule has 0 N–H and O–H groups in total. The van der Waals surface area contributed by atoms with Crippen LogP contribution in [-0.2, 0) is 33.2 Å². The second-order valence-corrected chi connectivity index (χ2v) is 24.1. The number of rotatable bonds is 12. The van der Waals surface area contributed by atoms with E-state index in [-0.39, 0.29) is 37.0 Å². The third-order valence-corrected chi connectivity index (χ3v) is 9.93. The largest absolute Gasteiger partial charge is 0.363 e. The molecule has 33 heavy (non-hydrogen) atoms. The Labute approximate surface area is 203 Å². The van der Waals surface area contributed by atoms with Gasteiger partial charge < -0.3 is 33.2 Å². The molecular weight excluding hydrogens is 456 g/mol. The smallest absolute Gasteiger partial charge is 0.163 e. The molecule has 3 fully saturated rings. The van der Waals surface area contributed by atoms with Crippen LogP contribution >= 0.6 is 0 Å². The van der Waals surface area contributed by atoms with E-state index in [4.69, 9.17) is 33.2 Å². The highest BCUT2D eigenvalue weighted by Crippen LogP contribution is 2.52. The van der Waals surface area contributed by atoms with Crippen LogP contribution in [0.1, 0.15) is 34.1 Å². The van der Waals surface area contributed by atoms with E-state index in [0.29, 0.717) is 19.6 Å². The predicted octanol–water partition coefficient (Wildman–Crippen LogP) is 4.85. The Kier molecular flexibility index (Phi) is 8.62. The van der Waals surface area contributed by atoms with Crippen molar-refractivity contribution < 1.29 is 33.2 Å². The lowest BCUT2D eigenvalue weighted by atomic mass is 9.81. The molecule has 2 saturated heterocycles. The molecule has 2 heterocycles. The van der Waals surface area contributed by atoms with Crippen molar-refractivity contribution in [1.29, 1.82) is 0 Å². The molecule has 7 atom stereocenters. The topological polar surface area (TPSA) is 67.9 Å². The van der Waals surface area contributed by atoms with Crippen molar-refractivity contribution in [2.75, 3.05) is 19.8 Å². The van der Waals surface area contributed by atoms with E-state index < -0.39 is 27.5 Å². The maximum atomic E-state index is 6.43. The van der Waals surface area contributed by atoms with Crippen molar-refractivity contribution in [3.8, 4) is 0 Å². The van der Waals surface area contributed by atoms with Crippen LogP contribution in [0.4, 0.5) is 0 Å². The molecule has 0 bridgehead atoms. The summed E-state index contributed by atoms with van der Waals surface area (Å²) in [5, 5.41) is 0. The Morgan fingerprint density at radius 2 is 1.42 bits per heavy atom. The van der Waals surface area contributed by atoms with Crippen molar-refractivity contribution in [3.63, 3.8) is 0 Å². The molecule has 0 aromatic rings. The van der Waals surface area contributed by atoms with Crippen LogP contribution in [0, 0.1) is 0 Å². The minimum Gasteiger partial charge on any atom is -0.363 e. The first-order valence-electron chi connectivity index (χ1n) is 12.6. The number of hydrogen-bond acceptors (Lipinski definition) is 7. The first kappa shape index (κ1) is 27.7. The van der Waals surface area contributed by atoms with Gasteiger partial charge in [-0.1, -0.05) is 39.3 Å². The van der Waals surface area contributed by atoms with E-state index >= 15 is 0 Å². The quantitative estimate of drug-likeness (QED) is 0.214. The SMILES string of the molecule is CC(OCC[Si](C)(C)C)O[C@H]1[C@H]2O[C@H]2[C@]2(COC(C)(C)O2)C[C@H]1OC(C)OCC[Si](C)(C)C. The summed E-state index contributed by atoms with van der Waals surface area (Å²) in [6, 6.07) is 2.22. The minimum absolute atomic E-state index is 0.0403. The van der Waals surface area contributed by atoms with Crippen molar-refractivity contribution in [1.82, 2.24) is 0 Å². The lowest BCUT2D eigenvalue weighted by molar-refractivity contribution is -0.248. The van der Waals surface area contributed by atoms with Gasteiger partial charge in [-0.15, -0.1) is 0 Å². The Bertz CT molecular complexity index is 648. The molecule has 0 aromatic heterocycles. The van der Waals surface area contributed by atoms with Crippen molar-refractivity contribution in [2.45, 2.75) is 134 Å². The molecule has 9 heteroatoms. The summed E-state index contributed by atoms with van der Waals surface area (Å²) in [6.07, 6.45) is -0.583. The zero-order valence-corrected chi connectivity index (χ0v) is 24.6. The third-order valence-electron chi connectivity index (χ3n) is 6.52. The lowest BCUT2D eigenvalue weighted by Crippen LogP contribution is -2.56. The summed E-state index contributed by atoms with van der Waals surface area (Å²) < 4.78 is 43.3. The number of epoxide rings is 1. The van der Waals surface area contributed by atoms with Gasteiger partial charge in [-0.3, -0.25) is 0 Å². The highest BCUT2D eigenvalue weighted by molar-refractivity contribution is 6.76. The van der Waals surface area contributed by atoms with E-state index in [9.17, 15) is 0 Å². The summed E-state index contributed by atoms with van der Waals surface area (Å²) >= 11 is 0. The summed E-state index contributed by atoms with van der Waals surface area (Å²) in [5.41, 5.74) is -0.501. The number of hydrogen-bond donors (Lipinski definition) is 0. The molecule has 0 aromatic carbocycles. The van der Waals surface area contributed by atoms with E-state index in [1.807, 2.05) is 27.7 Å². The van der Waals surface area contributed by atoms with Crippen LogP contribution in [0.3, 0.4) is 0 Å². The van der Waals surface area contributed by atoms with Crippen molar-refractivity contribution in [3.05, 3.63) is 0 Å². The fourth-order valence-electron chi connectivity index (χ4n) is 4.57. The average molecular weight is 505 g/mol. The van der Waals surface area contributed by atoms with E-state index in [1.54, 1.807) is 0 Å². The van der Waals surface area contributed by atoms with E-state index in [1.165, 1.54) is 0 Å². The van der Waals surface area contributed by atoms with Gasteiger partial charge in [0.25, 0.3) is 0 Å². The second-order valence-electron chi connectivity index (χ2n) is 12.9. The fraction of sp³-hybridized carbons (Fsp3) is 1.00. The Morgan fingerprint density at radius 1 is 0.879 bits per heavy atom. The third kappa shape index (κ3) is 8.08. The molecule has 1 saturated carbocycles. The average Bonchev–Trinajstić information content (AvgIpc) is 3.37. The standard InChI is InChI=1S/C24H48O7Si2/c1-17(25-11-13-32(5,6)7)28-19-15-24(16-27-23(3,4)31-24)22-21(30-22)20(19)29-18(2)26-12-14-33(8,9)10/h17-22H,11-16H2,1-10H3/t17?,18?,19-,20-,21-,22-,24-/m1/s1. The highest BCUT2D eigenvalue weighted by Gasteiger charge is 2.69. The summed E-state index contributed by atoms with van der Waals surface area (Å²) in [4.78, 5) is 0. The minimum atomic E-state index is -1.16. The first-order chi connectivity index (χ1) is 15.1. The van der Waals surface area contributed by atoms with Crippen molar-refractivity contribution >= 4 is 16.1 Å².